The zero-order chi connectivity index (χ0) is 2.71. The van der Waals surface area contributed by atoms with Gasteiger partial charge in [0.15, 0.2) is 0 Å². The molecule has 0 rings (SSSR count). The van der Waals surface area contributed by atoms with Crippen LogP contribution in [0.4, 0.5) is 0 Å². The predicted molar refractivity (Wildman–Crippen MR) is 17.5 cm³/mol. The summed E-state index contributed by atoms with van der Waals surface area (Å²) in [5, 5.41) is 0. The molecule has 0 N–H and O–H groups in total. The summed E-state index contributed by atoms with van der Waals surface area (Å²) in [6.07, 6.45) is 0. The Balaban J connectivity index is 0. The summed E-state index contributed by atoms with van der Waals surface area (Å²) in [6, 6.07) is 0. The van der Waals surface area contributed by atoms with Crippen LogP contribution >= 0.6 is 18.8 Å². The summed E-state index contributed by atoms with van der Waals surface area (Å²) in [6.45, 7) is 0. The first-order valence-corrected chi connectivity index (χ1v) is 5.87. The minimum absolute atomic E-state index is 0. The molecule has 0 aromatic heterocycles. The molecule has 0 bridgehead atoms. The number of halogens is 2. The van der Waals surface area contributed by atoms with Crippen molar-refractivity contribution in [3.8, 4) is 0 Å². The van der Waals surface area contributed by atoms with E-state index >= 15 is 0 Å². The van der Waals surface area contributed by atoms with Gasteiger partial charge in [0.1, 0.15) is 0 Å². The quantitative estimate of drug-likeness (QED) is 0.577. The van der Waals surface area contributed by atoms with Crippen LogP contribution in [0.15, 0.2) is 0 Å². The standard InChI is InChI=1S/2ClH.Li.Pt/h2*1H;;/q;;;+2/p-2. The maximum absolute atomic E-state index is 4.88. The van der Waals surface area contributed by atoms with Gasteiger partial charge in [0.25, 0.3) is 0 Å². The maximum Gasteiger partial charge on any atom is 0 e. The van der Waals surface area contributed by atoms with E-state index in [1.165, 1.54) is 0 Å². The smallest absolute Gasteiger partial charge is 0 e. The molecule has 0 saturated carbocycles. The van der Waals surface area contributed by atoms with Crippen molar-refractivity contribution in [1.82, 2.24) is 0 Å². The molecule has 0 heterocycles. The van der Waals surface area contributed by atoms with Crippen LogP contribution in [0.1, 0.15) is 0 Å². The maximum atomic E-state index is 4.88. The molecule has 0 aromatic carbocycles. The minimum Gasteiger partial charge on any atom is 0 e. The fourth-order valence-electron chi connectivity index (χ4n) is 0. The first-order valence-electron chi connectivity index (χ1n) is 0.239. The molecule has 4 heavy (non-hydrogen) atoms. The minimum atomic E-state index is -0.472. The monoisotopic (exact) mass is 272 g/mol. The summed E-state index contributed by atoms with van der Waals surface area (Å²) in [5.41, 5.74) is 0. The summed E-state index contributed by atoms with van der Waals surface area (Å²) in [4.78, 5) is 0. The third kappa shape index (κ3) is 9.12. The van der Waals surface area contributed by atoms with E-state index in [9.17, 15) is 0 Å². The van der Waals surface area contributed by atoms with Crippen LogP contribution in [0, 0.1) is 0 Å². The van der Waals surface area contributed by atoms with Crippen LogP contribution in [0.5, 0.6) is 0 Å². The zero-order valence-electron chi connectivity index (χ0n) is 2.07. The molecule has 0 spiro atoms. The molecule has 0 aliphatic carbocycles. The molecular weight excluding hydrogens is 273 g/mol. The fraction of sp³-hybridized carbons (Fsp3) is 0. The Morgan fingerprint density at radius 2 is 1.25 bits per heavy atom. The normalized spacial score (nSPS) is 5.50. The second-order valence-corrected chi connectivity index (χ2v) is 3.33. The van der Waals surface area contributed by atoms with Crippen molar-refractivity contribution in [2.24, 2.45) is 0 Å². The second kappa shape index (κ2) is 8.85. The molecule has 0 unspecified atom stereocenters. The fourth-order valence-corrected chi connectivity index (χ4v) is 0. The van der Waals surface area contributed by atoms with Crippen LogP contribution in [-0.4, -0.2) is 18.9 Å². The third-order valence-corrected chi connectivity index (χ3v) is 0. The van der Waals surface area contributed by atoms with Crippen molar-refractivity contribution in [2.45, 2.75) is 0 Å². The van der Waals surface area contributed by atoms with Crippen molar-refractivity contribution in [3.05, 3.63) is 0 Å². The molecule has 0 fully saturated rings. The second-order valence-electron chi connectivity index (χ2n) is 0.0452. The molecule has 0 aliphatic heterocycles. The predicted octanol–water partition coefficient (Wildman–Crippen LogP) is 0.996. The van der Waals surface area contributed by atoms with Crippen molar-refractivity contribution in [1.29, 1.82) is 0 Å². The van der Waals surface area contributed by atoms with Gasteiger partial charge >= 0.3 is 35.3 Å². The van der Waals surface area contributed by atoms with E-state index in [2.05, 4.69) is 0 Å². The molecule has 0 saturated heterocycles. The van der Waals surface area contributed by atoms with Crippen LogP contribution in [0.2, 0.25) is 0 Å². The Morgan fingerprint density at radius 3 is 1.25 bits per heavy atom. The van der Waals surface area contributed by atoms with E-state index in [0.29, 0.717) is 0 Å². The van der Waals surface area contributed by atoms with Gasteiger partial charge in [-0.25, -0.2) is 0 Å². The van der Waals surface area contributed by atoms with Crippen LogP contribution in [-0.2, 0) is 16.5 Å². The van der Waals surface area contributed by atoms with Gasteiger partial charge in [-0.15, -0.1) is 0 Å². The van der Waals surface area contributed by atoms with Crippen molar-refractivity contribution < 1.29 is 16.5 Å². The van der Waals surface area contributed by atoms with E-state index in [0.717, 1.165) is 0 Å². The molecule has 25 valence electrons. The van der Waals surface area contributed by atoms with Gasteiger partial charge in [0.05, 0.1) is 0 Å². The molecular formula is Cl2LiPt. The Morgan fingerprint density at radius 1 is 1.25 bits per heavy atom. The van der Waals surface area contributed by atoms with Crippen LogP contribution < -0.4 is 0 Å². The van der Waals surface area contributed by atoms with Gasteiger partial charge in [-0.3, -0.25) is 0 Å². The first kappa shape index (κ1) is 9.29. The van der Waals surface area contributed by atoms with Gasteiger partial charge in [0, 0.05) is 18.9 Å². The summed E-state index contributed by atoms with van der Waals surface area (Å²) in [5.74, 6) is 0. The Labute approximate surface area is 53.8 Å². The number of hydrogen-bond donors (Lipinski definition) is 0. The summed E-state index contributed by atoms with van der Waals surface area (Å²) < 4.78 is 0. The van der Waals surface area contributed by atoms with E-state index in [4.69, 9.17) is 18.8 Å². The van der Waals surface area contributed by atoms with Gasteiger partial charge < -0.3 is 0 Å². The molecule has 0 atom stereocenters. The Kier molecular flexibility index (Phi) is 20.6. The Hall–Kier alpha value is 1.87. The van der Waals surface area contributed by atoms with E-state index in [-0.39, 0.29) is 18.9 Å². The van der Waals surface area contributed by atoms with Crippen molar-refractivity contribution >= 4 is 37.7 Å². The van der Waals surface area contributed by atoms with Crippen molar-refractivity contribution in [3.63, 3.8) is 0 Å². The van der Waals surface area contributed by atoms with Gasteiger partial charge in [-0.1, -0.05) is 0 Å². The molecule has 0 amide bonds. The average Bonchev–Trinajstić information content (AvgIpc) is 0.918. The average molecular weight is 273 g/mol. The van der Waals surface area contributed by atoms with Crippen LogP contribution in [0.25, 0.3) is 0 Å². The van der Waals surface area contributed by atoms with E-state index < -0.39 is 16.5 Å². The number of hydrogen-bond acceptors (Lipinski definition) is 0. The molecule has 4 heteroatoms. The van der Waals surface area contributed by atoms with Gasteiger partial charge in [-0.2, -0.15) is 0 Å². The summed E-state index contributed by atoms with van der Waals surface area (Å²) >= 11 is -0.472. The van der Waals surface area contributed by atoms with Crippen molar-refractivity contribution in [2.75, 3.05) is 0 Å². The number of rotatable bonds is 0. The molecule has 1 radical (unpaired) electrons. The third-order valence-electron chi connectivity index (χ3n) is 0. The topological polar surface area (TPSA) is 0 Å². The van der Waals surface area contributed by atoms with Gasteiger partial charge in [-0.05, 0) is 0 Å². The largest absolute Gasteiger partial charge is 0 e. The SMILES string of the molecule is [Cl][Pt][Cl].[Li]. The zero-order valence-corrected chi connectivity index (χ0v) is 5.86. The van der Waals surface area contributed by atoms with Crippen LogP contribution in [0.3, 0.4) is 0 Å². The molecule has 0 nitrogen and oxygen atoms in total. The Bertz CT molecular complexity index is 6.00. The van der Waals surface area contributed by atoms with Gasteiger partial charge in [0.2, 0.25) is 0 Å². The first-order chi connectivity index (χ1) is 1.41. The summed E-state index contributed by atoms with van der Waals surface area (Å²) in [7, 11) is 9.75. The molecule has 0 aromatic rings. The molecule has 0 aliphatic rings. The van der Waals surface area contributed by atoms with E-state index in [1.54, 1.807) is 0 Å². The van der Waals surface area contributed by atoms with E-state index in [1.807, 2.05) is 0 Å².